The number of aliphatic hydroxyl groups excluding tert-OH is 1. The molecule has 0 spiro atoms. The Balaban J connectivity index is 1.70. The number of carbonyl (C=O) groups is 1. The molecule has 31 heavy (non-hydrogen) atoms. The summed E-state index contributed by atoms with van der Waals surface area (Å²) in [6.07, 6.45) is -0.937. The number of aliphatic hydroxyl groups is 1. The van der Waals surface area contributed by atoms with Crippen molar-refractivity contribution >= 4 is 16.9 Å². The van der Waals surface area contributed by atoms with E-state index in [1.807, 2.05) is 25.1 Å². The van der Waals surface area contributed by atoms with Gasteiger partial charge in [-0.15, -0.1) is 0 Å². The van der Waals surface area contributed by atoms with Crippen LogP contribution in [0.1, 0.15) is 30.0 Å². The number of hydrogen-bond donors (Lipinski definition) is 2. The number of phenols is 1. The number of benzene rings is 1. The summed E-state index contributed by atoms with van der Waals surface area (Å²) in [6, 6.07) is 8.84. The fourth-order valence-electron chi connectivity index (χ4n) is 3.84. The largest absolute Gasteiger partial charge is 0.508 e. The smallest absolute Gasteiger partial charge is 0.335 e. The number of hydrogen-bond acceptors (Lipinski definition) is 7. The molecule has 0 radical (unpaired) electrons. The lowest BCUT2D eigenvalue weighted by Gasteiger charge is -2.14. The highest BCUT2D eigenvalue weighted by molar-refractivity contribution is 5.88. The van der Waals surface area contributed by atoms with Crippen molar-refractivity contribution in [3.8, 4) is 17.1 Å². The van der Waals surface area contributed by atoms with Crippen molar-refractivity contribution in [3.63, 3.8) is 0 Å². The van der Waals surface area contributed by atoms with Gasteiger partial charge < -0.3 is 24.4 Å². The molecule has 2 aromatic heterocycles. The summed E-state index contributed by atoms with van der Waals surface area (Å²) in [4.78, 5) is 31.5. The second-order valence-corrected chi connectivity index (χ2v) is 8.03. The first kappa shape index (κ1) is 21.0. The first-order chi connectivity index (χ1) is 14.8. The molecular weight excluding hydrogens is 398 g/mol. The second kappa shape index (κ2) is 8.13. The van der Waals surface area contributed by atoms with E-state index in [2.05, 4.69) is 0 Å². The number of nitrogens with zero attached hydrogens (tertiary/aromatic N) is 3. The highest BCUT2D eigenvalue weighted by atomic mass is 16.5. The van der Waals surface area contributed by atoms with Gasteiger partial charge in [0, 0.05) is 23.1 Å². The number of esters is 1. The van der Waals surface area contributed by atoms with Gasteiger partial charge in [0.05, 0.1) is 29.0 Å². The van der Waals surface area contributed by atoms with Gasteiger partial charge in [-0.2, -0.15) is 0 Å². The monoisotopic (exact) mass is 423 g/mol. The van der Waals surface area contributed by atoms with Gasteiger partial charge in [-0.05, 0) is 50.8 Å². The molecule has 8 nitrogen and oxygen atoms in total. The molecule has 162 valence electrons. The molecule has 0 aliphatic carbocycles. The van der Waals surface area contributed by atoms with Crippen molar-refractivity contribution < 1.29 is 19.7 Å². The first-order valence-corrected chi connectivity index (χ1v) is 10.2. The average Bonchev–Trinajstić information content (AvgIpc) is 3.11. The maximum Gasteiger partial charge on any atom is 0.335 e. The van der Waals surface area contributed by atoms with Crippen LogP contribution in [-0.4, -0.2) is 50.8 Å². The van der Waals surface area contributed by atoms with E-state index < -0.39 is 12.1 Å². The van der Waals surface area contributed by atoms with E-state index in [1.165, 1.54) is 0 Å². The zero-order valence-electron chi connectivity index (χ0n) is 17.8. The van der Waals surface area contributed by atoms with Crippen molar-refractivity contribution in [1.29, 1.82) is 0 Å². The summed E-state index contributed by atoms with van der Waals surface area (Å²) >= 11 is 0. The SMILES string of the molecule is CC[C@@H](O)C(=O)OCc1ccc2n(c1=O)Cc1cc3c(CN(C)C)c(O)ccc3nc1-2. The Morgan fingerprint density at radius 1 is 1.29 bits per heavy atom. The Morgan fingerprint density at radius 3 is 2.77 bits per heavy atom. The molecule has 3 heterocycles. The van der Waals surface area contributed by atoms with Crippen LogP contribution in [0.3, 0.4) is 0 Å². The lowest BCUT2D eigenvalue weighted by atomic mass is 10.0. The summed E-state index contributed by atoms with van der Waals surface area (Å²) < 4.78 is 6.69. The van der Waals surface area contributed by atoms with Crippen LogP contribution in [0.5, 0.6) is 5.75 Å². The summed E-state index contributed by atoms with van der Waals surface area (Å²) in [7, 11) is 3.87. The number of pyridine rings is 2. The number of phenolic OH excluding ortho intramolecular Hbond substituents is 1. The minimum atomic E-state index is -1.19. The normalized spacial score (nSPS) is 13.3. The molecule has 0 bridgehead atoms. The standard InChI is InChI=1S/C23H25N3O5/c1-4-19(27)23(30)31-12-13-5-7-18-21-14(10-26(18)22(13)29)9-15-16(11-25(2)3)20(28)8-6-17(15)24-21/h5-9,19,27-28H,4,10-12H2,1-3H3/t19-/m1/s1. The van der Waals surface area contributed by atoms with Crippen LogP contribution in [0.4, 0.5) is 0 Å². The fourth-order valence-corrected chi connectivity index (χ4v) is 3.84. The number of fused-ring (bicyclic) bond motifs is 4. The zero-order chi connectivity index (χ0) is 22.3. The summed E-state index contributed by atoms with van der Waals surface area (Å²) in [5, 5.41) is 20.8. The molecule has 4 rings (SSSR count). The van der Waals surface area contributed by atoms with Crippen molar-refractivity contribution in [1.82, 2.24) is 14.5 Å². The van der Waals surface area contributed by atoms with Gasteiger partial charge in [0.15, 0.2) is 6.10 Å². The Hall–Kier alpha value is -3.23. The molecule has 1 aromatic carbocycles. The molecule has 0 saturated carbocycles. The number of carbonyl (C=O) groups excluding carboxylic acids is 1. The molecule has 0 amide bonds. The Kier molecular flexibility index (Phi) is 5.51. The van der Waals surface area contributed by atoms with Crippen molar-refractivity contribution in [2.45, 2.75) is 39.1 Å². The van der Waals surface area contributed by atoms with E-state index in [4.69, 9.17) is 9.72 Å². The quantitative estimate of drug-likeness (QED) is 0.457. The van der Waals surface area contributed by atoms with Crippen molar-refractivity contribution in [2.75, 3.05) is 14.1 Å². The minimum absolute atomic E-state index is 0.193. The Bertz CT molecular complexity index is 1230. The maximum atomic E-state index is 13.0. The highest BCUT2D eigenvalue weighted by Gasteiger charge is 2.24. The number of aromatic nitrogens is 2. The van der Waals surface area contributed by atoms with E-state index in [9.17, 15) is 19.8 Å². The molecule has 3 aromatic rings. The third-order valence-corrected chi connectivity index (χ3v) is 5.49. The van der Waals surface area contributed by atoms with Gasteiger partial charge in [-0.1, -0.05) is 6.92 Å². The fraction of sp³-hybridized carbons (Fsp3) is 0.348. The van der Waals surface area contributed by atoms with Crippen LogP contribution in [0, 0.1) is 0 Å². The summed E-state index contributed by atoms with van der Waals surface area (Å²) in [5.74, 6) is -0.522. The van der Waals surface area contributed by atoms with Crippen LogP contribution in [0.15, 0.2) is 35.1 Å². The van der Waals surface area contributed by atoms with Crippen LogP contribution in [0.25, 0.3) is 22.3 Å². The second-order valence-electron chi connectivity index (χ2n) is 8.03. The van der Waals surface area contributed by atoms with Gasteiger partial charge in [-0.3, -0.25) is 4.79 Å². The number of aromatic hydroxyl groups is 1. The molecule has 0 fully saturated rings. The molecule has 1 aliphatic heterocycles. The lowest BCUT2D eigenvalue weighted by molar-refractivity contribution is -0.155. The predicted octanol–water partition coefficient (Wildman–Crippen LogP) is 2.01. The summed E-state index contributed by atoms with van der Waals surface area (Å²) in [6.45, 7) is 2.40. The highest BCUT2D eigenvalue weighted by Crippen LogP contribution is 2.35. The van der Waals surface area contributed by atoms with Crippen molar-refractivity contribution in [3.05, 3.63) is 57.4 Å². The van der Waals surface area contributed by atoms with Gasteiger partial charge in [0.25, 0.3) is 5.56 Å². The Labute approximate surface area is 179 Å². The molecule has 0 saturated heterocycles. The lowest BCUT2D eigenvalue weighted by Crippen LogP contribution is -2.26. The van der Waals surface area contributed by atoms with E-state index in [-0.39, 0.29) is 24.3 Å². The molecule has 0 unspecified atom stereocenters. The van der Waals surface area contributed by atoms with E-state index in [0.717, 1.165) is 27.7 Å². The van der Waals surface area contributed by atoms with E-state index >= 15 is 0 Å². The Morgan fingerprint density at radius 2 is 2.06 bits per heavy atom. The average molecular weight is 423 g/mol. The molecule has 1 atom stereocenters. The van der Waals surface area contributed by atoms with Crippen LogP contribution >= 0.6 is 0 Å². The van der Waals surface area contributed by atoms with Gasteiger partial charge >= 0.3 is 5.97 Å². The number of rotatable bonds is 6. The third kappa shape index (κ3) is 3.80. The number of ether oxygens (including phenoxy) is 1. The molecule has 8 heteroatoms. The van der Waals surface area contributed by atoms with E-state index in [1.54, 1.807) is 35.8 Å². The molecular formula is C23H25N3O5. The van der Waals surface area contributed by atoms with Crippen LogP contribution in [0.2, 0.25) is 0 Å². The van der Waals surface area contributed by atoms with Gasteiger partial charge in [-0.25, -0.2) is 9.78 Å². The summed E-state index contributed by atoms with van der Waals surface area (Å²) in [5.41, 5.74) is 3.96. The van der Waals surface area contributed by atoms with Crippen LogP contribution in [-0.2, 0) is 29.2 Å². The predicted molar refractivity (Wildman–Crippen MR) is 116 cm³/mol. The molecule has 1 aliphatic rings. The van der Waals surface area contributed by atoms with Gasteiger partial charge in [0.1, 0.15) is 12.4 Å². The minimum Gasteiger partial charge on any atom is -0.508 e. The van der Waals surface area contributed by atoms with E-state index in [0.29, 0.717) is 24.3 Å². The van der Waals surface area contributed by atoms with Crippen molar-refractivity contribution in [2.24, 2.45) is 0 Å². The van der Waals surface area contributed by atoms with Gasteiger partial charge in [0.2, 0.25) is 0 Å². The maximum absolute atomic E-state index is 13.0. The molecule has 2 N–H and O–H groups in total. The third-order valence-electron chi connectivity index (χ3n) is 5.49. The topological polar surface area (TPSA) is 105 Å². The van der Waals surface area contributed by atoms with Crippen LogP contribution < -0.4 is 5.56 Å². The zero-order valence-corrected chi connectivity index (χ0v) is 17.8. The first-order valence-electron chi connectivity index (χ1n) is 10.2.